The zero-order valence-electron chi connectivity index (χ0n) is 13.7. The molecule has 1 unspecified atom stereocenters. The molecule has 0 aliphatic carbocycles. The second-order valence-corrected chi connectivity index (χ2v) is 5.17. The predicted octanol–water partition coefficient (Wildman–Crippen LogP) is 3.76. The number of carbonyl (C=O) groups is 1. The van der Waals surface area contributed by atoms with Crippen molar-refractivity contribution in [3.63, 3.8) is 0 Å². The third-order valence-electron chi connectivity index (χ3n) is 3.47. The Morgan fingerprint density at radius 1 is 1.08 bits per heavy atom. The topological polar surface area (TPSA) is 62.5 Å². The molecule has 0 aliphatic heterocycles. The van der Waals surface area contributed by atoms with Crippen LogP contribution in [0.2, 0.25) is 0 Å². The van der Waals surface area contributed by atoms with Crippen LogP contribution in [0.25, 0.3) is 0 Å². The van der Waals surface area contributed by atoms with Crippen LogP contribution in [0.4, 0.5) is 0 Å². The van der Waals surface area contributed by atoms with Gasteiger partial charge in [0.05, 0.1) is 18.4 Å². The summed E-state index contributed by atoms with van der Waals surface area (Å²) in [5, 5.41) is 8.84. The smallest absolute Gasteiger partial charge is 0.330 e. The van der Waals surface area contributed by atoms with Crippen molar-refractivity contribution in [3.05, 3.63) is 71.8 Å². The van der Waals surface area contributed by atoms with E-state index in [0.717, 1.165) is 16.8 Å². The predicted molar refractivity (Wildman–Crippen MR) is 93.8 cm³/mol. The summed E-state index contributed by atoms with van der Waals surface area (Å²) in [7, 11) is 0. The molecule has 0 saturated heterocycles. The van der Waals surface area contributed by atoms with Gasteiger partial charge in [0, 0.05) is 17.5 Å². The van der Waals surface area contributed by atoms with Crippen LogP contribution < -0.4 is 0 Å². The number of esters is 1. The fourth-order valence-electron chi connectivity index (χ4n) is 2.34. The van der Waals surface area contributed by atoms with E-state index in [0.29, 0.717) is 13.0 Å². The molecule has 0 aromatic heterocycles. The van der Waals surface area contributed by atoms with Crippen LogP contribution in [-0.4, -0.2) is 24.3 Å². The molecule has 0 amide bonds. The highest BCUT2D eigenvalue weighted by atomic mass is 16.5. The lowest BCUT2D eigenvalue weighted by atomic mass is 10.0. The molecule has 2 aromatic carbocycles. The van der Waals surface area contributed by atoms with Gasteiger partial charge >= 0.3 is 5.97 Å². The first-order chi connectivity index (χ1) is 11.8. The van der Waals surface area contributed by atoms with Gasteiger partial charge in [0.2, 0.25) is 0 Å². The Morgan fingerprint density at radius 3 is 2.08 bits per heavy atom. The highest BCUT2D eigenvalue weighted by molar-refractivity contribution is 6.13. The van der Waals surface area contributed by atoms with Crippen molar-refractivity contribution < 1.29 is 9.53 Å². The number of aliphatic imine (C=N–C) groups is 1. The third kappa shape index (κ3) is 4.79. The highest BCUT2D eigenvalue weighted by Gasteiger charge is 2.20. The van der Waals surface area contributed by atoms with Crippen molar-refractivity contribution in [1.29, 1.82) is 5.26 Å². The number of benzene rings is 2. The molecule has 0 aliphatic rings. The molecule has 0 fully saturated rings. The number of hydrogen-bond acceptors (Lipinski definition) is 4. The monoisotopic (exact) mass is 320 g/mol. The minimum atomic E-state index is -0.681. The van der Waals surface area contributed by atoms with E-state index in [9.17, 15) is 4.79 Å². The molecule has 1 atom stereocenters. The first-order valence-electron chi connectivity index (χ1n) is 7.98. The van der Waals surface area contributed by atoms with Crippen molar-refractivity contribution in [2.24, 2.45) is 4.99 Å². The Hall–Kier alpha value is -2.93. The first-order valence-corrected chi connectivity index (χ1v) is 7.98. The molecule has 0 bridgehead atoms. The van der Waals surface area contributed by atoms with Crippen LogP contribution >= 0.6 is 0 Å². The van der Waals surface area contributed by atoms with Gasteiger partial charge in [-0.25, -0.2) is 4.79 Å². The second kappa shape index (κ2) is 9.26. The van der Waals surface area contributed by atoms with Crippen molar-refractivity contribution in [1.82, 2.24) is 0 Å². The molecule has 24 heavy (non-hydrogen) atoms. The molecular weight excluding hydrogens is 300 g/mol. The van der Waals surface area contributed by atoms with Gasteiger partial charge in [-0.2, -0.15) is 5.26 Å². The van der Waals surface area contributed by atoms with Crippen molar-refractivity contribution in [2.75, 3.05) is 6.61 Å². The van der Waals surface area contributed by atoms with Crippen LogP contribution in [0, 0.1) is 11.3 Å². The highest BCUT2D eigenvalue weighted by Crippen LogP contribution is 2.15. The van der Waals surface area contributed by atoms with Gasteiger partial charge in [-0.15, -0.1) is 0 Å². The summed E-state index contributed by atoms with van der Waals surface area (Å²) in [6.07, 6.45) is 0.600. The molecule has 0 saturated carbocycles. The maximum atomic E-state index is 12.2. The number of hydrogen-bond donors (Lipinski definition) is 0. The number of ether oxygens (including phenoxy) is 1. The second-order valence-electron chi connectivity index (χ2n) is 5.17. The summed E-state index contributed by atoms with van der Waals surface area (Å²) >= 11 is 0. The van der Waals surface area contributed by atoms with Gasteiger partial charge in [0.25, 0.3) is 0 Å². The average Bonchev–Trinajstić information content (AvgIpc) is 2.63. The quantitative estimate of drug-likeness (QED) is 0.576. The van der Waals surface area contributed by atoms with Gasteiger partial charge in [-0.05, 0) is 13.3 Å². The lowest BCUT2D eigenvalue weighted by Crippen LogP contribution is -2.24. The van der Waals surface area contributed by atoms with E-state index in [-0.39, 0.29) is 6.42 Å². The summed E-state index contributed by atoms with van der Waals surface area (Å²) in [5.41, 5.74) is 2.58. The Balaban J connectivity index is 2.45. The lowest BCUT2D eigenvalue weighted by molar-refractivity contribution is -0.144. The van der Waals surface area contributed by atoms with Gasteiger partial charge in [-0.1, -0.05) is 60.7 Å². The van der Waals surface area contributed by atoms with E-state index >= 15 is 0 Å². The zero-order chi connectivity index (χ0) is 17.2. The SMILES string of the molecule is CCOC(=O)C(CCC#N)N=C(c1ccccc1)c1ccccc1. The molecule has 2 rings (SSSR count). The maximum Gasteiger partial charge on any atom is 0.330 e. The number of carbonyl (C=O) groups excluding carboxylic acids is 1. The Bertz CT molecular complexity index is 677. The van der Waals surface area contributed by atoms with E-state index < -0.39 is 12.0 Å². The van der Waals surface area contributed by atoms with Crippen molar-refractivity contribution in [3.8, 4) is 6.07 Å². The Kier molecular flexibility index (Phi) is 6.73. The average molecular weight is 320 g/mol. The Labute approximate surface area is 142 Å². The van der Waals surface area contributed by atoms with E-state index in [1.165, 1.54) is 0 Å². The summed E-state index contributed by atoms with van der Waals surface area (Å²) in [6.45, 7) is 2.06. The van der Waals surface area contributed by atoms with Crippen molar-refractivity contribution in [2.45, 2.75) is 25.8 Å². The minimum absolute atomic E-state index is 0.254. The fourth-order valence-corrected chi connectivity index (χ4v) is 2.34. The summed E-state index contributed by atoms with van der Waals surface area (Å²) in [5.74, 6) is -0.392. The molecular formula is C20H20N2O2. The maximum absolute atomic E-state index is 12.2. The van der Waals surface area contributed by atoms with Gasteiger partial charge in [0.15, 0.2) is 0 Å². The molecule has 0 radical (unpaired) electrons. The van der Waals surface area contributed by atoms with E-state index in [1.807, 2.05) is 60.7 Å². The molecule has 122 valence electrons. The number of rotatable bonds is 7. The summed E-state index contributed by atoms with van der Waals surface area (Å²) in [4.78, 5) is 16.9. The number of nitrogens with zero attached hydrogens (tertiary/aromatic N) is 2. The van der Waals surface area contributed by atoms with Crippen LogP contribution in [0.3, 0.4) is 0 Å². The van der Waals surface area contributed by atoms with Crippen molar-refractivity contribution >= 4 is 11.7 Å². The molecule has 0 N–H and O–H groups in total. The van der Waals surface area contributed by atoms with Gasteiger partial charge in [0.1, 0.15) is 6.04 Å². The number of nitriles is 1. The fraction of sp³-hybridized carbons (Fsp3) is 0.250. The van der Waals surface area contributed by atoms with Crippen LogP contribution in [0.15, 0.2) is 65.7 Å². The standard InChI is InChI=1S/C20H20N2O2/c1-2-24-20(23)18(14-9-15-21)22-19(16-10-5-3-6-11-16)17-12-7-4-8-13-17/h3-8,10-13,18H,2,9,14H2,1H3. The molecule has 4 heteroatoms. The third-order valence-corrected chi connectivity index (χ3v) is 3.47. The summed E-state index contributed by atoms with van der Waals surface area (Å²) < 4.78 is 5.12. The zero-order valence-corrected chi connectivity index (χ0v) is 13.7. The first kappa shape index (κ1) is 17.4. The van der Waals surface area contributed by atoms with Gasteiger partial charge < -0.3 is 4.74 Å². The molecule has 0 heterocycles. The Morgan fingerprint density at radius 2 is 1.62 bits per heavy atom. The minimum Gasteiger partial charge on any atom is -0.464 e. The van der Waals surface area contributed by atoms with E-state index in [2.05, 4.69) is 11.1 Å². The normalized spacial score (nSPS) is 11.2. The summed E-state index contributed by atoms with van der Waals surface area (Å²) in [6, 6.07) is 20.8. The van der Waals surface area contributed by atoms with Gasteiger partial charge in [-0.3, -0.25) is 4.99 Å². The van der Waals surface area contributed by atoms with Crippen LogP contribution in [-0.2, 0) is 9.53 Å². The molecule has 4 nitrogen and oxygen atoms in total. The van der Waals surface area contributed by atoms with E-state index in [1.54, 1.807) is 6.92 Å². The molecule has 0 spiro atoms. The largest absolute Gasteiger partial charge is 0.464 e. The lowest BCUT2D eigenvalue weighted by Gasteiger charge is -2.14. The van der Waals surface area contributed by atoms with Crippen LogP contribution in [0.5, 0.6) is 0 Å². The van der Waals surface area contributed by atoms with Crippen LogP contribution in [0.1, 0.15) is 30.9 Å². The van der Waals surface area contributed by atoms with E-state index in [4.69, 9.17) is 10.00 Å². The molecule has 2 aromatic rings.